The topological polar surface area (TPSA) is 63.4 Å². The molecule has 1 aliphatic heterocycles. The van der Waals surface area contributed by atoms with Crippen LogP contribution in [-0.2, 0) is 0 Å². The molecule has 1 aromatic heterocycles. The lowest BCUT2D eigenvalue weighted by molar-refractivity contribution is 0.876. The third-order valence-electron chi connectivity index (χ3n) is 12.7. The van der Waals surface area contributed by atoms with Crippen LogP contribution in [0.15, 0.2) is 253 Å². The van der Waals surface area contributed by atoms with Gasteiger partial charge in [-0.25, -0.2) is 19.9 Å². The molecule has 0 fully saturated rings. The Morgan fingerprint density at radius 2 is 0.836 bits per heavy atom. The molecule has 12 rings (SSSR count). The normalized spacial score (nSPS) is 13.7. The highest BCUT2D eigenvalue weighted by atomic mass is 15.0. The molecule has 314 valence electrons. The molecule has 5 heteroatoms. The van der Waals surface area contributed by atoms with Crippen molar-refractivity contribution in [1.29, 1.82) is 0 Å². The van der Waals surface area contributed by atoms with E-state index in [0.29, 0.717) is 23.3 Å². The maximum Gasteiger partial charge on any atom is 0.164 e. The molecule has 0 aliphatic carbocycles. The summed E-state index contributed by atoms with van der Waals surface area (Å²) in [5, 5.41) is 6.82. The molecule has 0 radical (unpaired) electrons. The summed E-state index contributed by atoms with van der Waals surface area (Å²) in [6, 6.07) is 80.0. The Bertz CT molecular complexity index is 3670. The van der Waals surface area contributed by atoms with Crippen molar-refractivity contribution in [2.75, 3.05) is 0 Å². The van der Waals surface area contributed by atoms with Crippen molar-refractivity contribution in [1.82, 2.24) is 15.0 Å². The zero-order chi connectivity index (χ0) is 44.7. The van der Waals surface area contributed by atoms with Gasteiger partial charge in [-0.3, -0.25) is 4.99 Å². The molecule has 0 saturated carbocycles. The van der Waals surface area contributed by atoms with Gasteiger partial charge in [0.15, 0.2) is 23.3 Å². The number of benzene rings is 10. The highest BCUT2D eigenvalue weighted by Crippen LogP contribution is 2.48. The van der Waals surface area contributed by atoms with E-state index in [-0.39, 0.29) is 6.04 Å². The molecule has 0 saturated heterocycles. The van der Waals surface area contributed by atoms with Crippen LogP contribution in [0.2, 0.25) is 0 Å². The largest absolute Gasteiger partial charge is 0.253 e. The molecule has 0 amide bonds. The number of aliphatic imine (C=N–C) groups is 2. The van der Waals surface area contributed by atoms with Gasteiger partial charge >= 0.3 is 0 Å². The molecule has 10 aromatic carbocycles. The molecule has 67 heavy (non-hydrogen) atoms. The minimum absolute atomic E-state index is 0.382. The average molecular weight is 856 g/mol. The SMILES string of the molecule is C=C1C(c2ccccc2)=NC(c2ccccc2)=NC1c1ccc2c(-c3ccccc3)c3cc(-c4nc(-c5ccccc5)nc(-c5ccccc5)n4)ccc3c(-c3cccc4ccccc34)c2c1. The Morgan fingerprint density at radius 1 is 0.343 bits per heavy atom. The first kappa shape index (κ1) is 39.6. The van der Waals surface area contributed by atoms with Gasteiger partial charge in [-0.15, -0.1) is 0 Å². The van der Waals surface area contributed by atoms with E-state index in [1.54, 1.807) is 0 Å². The molecule has 1 aliphatic rings. The van der Waals surface area contributed by atoms with Crippen molar-refractivity contribution < 1.29 is 0 Å². The maximum absolute atomic E-state index is 5.39. The van der Waals surface area contributed by atoms with Gasteiger partial charge in [-0.05, 0) is 72.3 Å². The van der Waals surface area contributed by atoms with Gasteiger partial charge in [0.05, 0.1) is 5.71 Å². The smallest absolute Gasteiger partial charge is 0.164 e. The Balaban J connectivity index is 1.14. The second kappa shape index (κ2) is 16.9. The van der Waals surface area contributed by atoms with Crippen LogP contribution in [0.4, 0.5) is 0 Å². The van der Waals surface area contributed by atoms with Gasteiger partial charge < -0.3 is 0 Å². The molecule has 5 nitrogen and oxygen atoms in total. The number of amidine groups is 1. The highest BCUT2D eigenvalue weighted by molar-refractivity contribution is 6.25. The highest BCUT2D eigenvalue weighted by Gasteiger charge is 2.28. The minimum Gasteiger partial charge on any atom is -0.253 e. The zero-order valence-corrected chi connectivity index (χ0v) is 36.5. The van der Waals surface area contributed by atoms with E-state index in [9.17, 15) is 0 Å². The van der Waals surface area contributed by atoms with Crippen molar-refractivity contribution in [2.45, 2.75) is 6.04 Å². The van der Waals surface area contributed by atoms with Crippen molar-refractivity contribution >= 4 is 43.9 Å². The minimum atomic E-state index is -0.382. The van der Waals surface area contributed by atoms with Crippen LogP contribution in [0, 0.1) is 0 Å². The predicted octanol–water partition coefficient (Wildman–Crippen LogP) is 15.2. The maximum atomic E-state index is 5.39. The van der Waals surface area contributed by atoms with Gasteiger partial charge in [0.1, 0.15) is 6.04 Å². The Hall–Kier alpha value is -8.93. The molecule has 2 heterocycles. The van der Waals surface area contributed by atoms with E-state index in [1.165, 1.54) is 10.8 Å². The van der Waals surface area contributed by atoms with Crippen LogP contribution in [0.1, 0.15) is 22.7 Å². The molecular formula is C62H41N5. The van der Waals surface area contributed by atoms with Crippen molar-refractivity contribution in [2.24, 2.45) is 9.98 Å². The molecule has 11 aromatic rings. The van der Waals surface area contributed by atoms with E-state index in [0.717, 1.165) is 88.5 Å². The van der Waals surface area contributed by atoms with Crippen LogP contribution >= 0.6 is 0 Å². The summed E-state index contributed by atoms with van der Waals surface area (Å²) in [6.45, 7) is 4.71. The lowest BCUT2D eigenvalue weighted by Crippen LogP contribution is -2.20. The predicted molar refractivity (Wildman–Crippen MR) is 277 cm³/mol. The lowest BCUT2D eigenvalue weighted by Gasteiger charge is -2.25. The summed E-state index contributed by atoms with van der Waals surface area (Å²) in [6.07, 6.45) is 0. The summed E-state index contributed by atoms with van der Waals surface area (Å²) in [4.78, 5) is 25.9. The summed E-state index contributed by atoms with van der Waals surface area (Å²) in [5.41, 5.74) is 12.0. The van der Waals surface area contributed by atoms with E-state index in [4.69, 9.17) is 31.5 Å². The fraction of sp³-hybridized carbons (Fsp3) is 0.0161. The number of rotatable bonds is 8. The fourth-order valence-electron chi connectivity index (χ4n) is 9.53. The standard InChI is InChI=1S/C62H41N5/c1-40-57(43-23-9-3-10-24-43)63-59(44-25-11-4-12-26-44)64-58(40)47-34-36-51-54(38-47)56(50-33-19-31-41-20-17-18-32-49(41)50)52-37-35-48(39-53(52)55(51)42-21-7-2-8-22-42)62-66-60(45-27-13-5-14-28-45)65-61(67-62)46-29-15-6-16-30-46/h2-39,58H,1H2. The number of aromatic nitrogens is 3. The Labute approximate surface area is 388 Å². The average Bonchev–Trinajstić information content (AvgIpc) is 3.41. The first-order valence-corrected chi connectivity index (χ1v) is 22.6. The molecule has 1 unspecified atom stereocenters. The first-order chi connectivity index (χ1) is 33.1. The summed E-state index contributed by atoms with van der Waals surface area (Å²) in [5.74, 6) is 2.54. The van der Waals surface area contributed by atoms with E-state index in [2.05, 4.69) is 133 Å². The van der Waals surface area contributed by atoms with Crippen LogP contribution in [0.3, 0.4) is 0 Å². The Morgan fingerprint density at radius 3 is 1.48 bits per heavy atom. The van der Waals surface area contributed by atoms with Crippen LogP contribution in [-0.4, -0.2) is 26.5 Å². The number of nitrogens with zero attached hydrogens (tertiary/aromatic N) is 5. The molecular weight excluding hydrogens is 815 g/mol. The number of hydrogen-bond acceptors (Lipinski definition) is 5. The zero-order valence-electron chi connectivity index (χ0n) is 36.5. The van der Waals surface area contributed by atoms with Crippen molar-refractivity contribution in [3.05, 3.63) is 259 Å². The fourth-order valence-corrected chi connectivity index (χ4v) is 9.53. The Kier molecular flexibility index (Phi) is 9.99. The molecule has 0 N–H and O–H groups in total. The third-order valence-corrected chi connectivity index (χ3v) is 12.7. The lowest BCUT2D eigenvalue weighted by atomic mass is 9.82. The molecule has 0 bridgehead atoms. The molecule has 0 spiro atoms. The molecule has 1 atom stereocenters. The van der Waals surface area contributed by atoms with Crippen LogP contribution in [0.5, 0.6) is 0 Å². The second-order valence-corrected chi connectivity index (χ2v) is 16.8. The van der Waals surface area contributed by atoms with E-state index >= 15 is 0 Å². The van der Waals surface area contributed by atoms with Crippen molar-refractivity contribution in [3.63, 3.8) is 0 Å². The summed E-state index contributed by atoms with van der Waals surface area (Å²) in [7, 11) is 0. The second-order valence-electron chi connectivity index (χ2n) is 16.8. The van der Waals surface area contributed by atoms with E-state index in [1.807, 2.05) is 97.1 Å². The third kappa shape index (κ3) is 7.29. The van der Waals surface area contributed by atoms with Gasteiger partial charge in [-0.1, -0.05) is 225 Å². The van der Waals surface area contributed by atoms with Crippen molar-refractivity contribution in [3.8, 4) is 56.4 Å². The summed E-state index contributed by atoms with van der Waals surface area (Å²) < 4.78 is 0. The monoisotopic (exact) mass is 855 g/mol. The van der Waals surface area contributed by atoms with E-state index < -0.39 is 0 Å². The van der Waals surface area contributed by atoms with Gasteiger partial charge in [0.2, 0.25) is 0 Å². The number of hydrogen-bond donors (Lipinski definition) is 0. The van der Waals surface area contributed by atoms with Gasteiger partial charge in [0, 0.05) is 33.4 Å². The van der Waals surface area contributed by atoms with Gasteiger partial charge in [0.25, 0.3) is 0 Å². The van der Waals surface area contributed by atoms with Crippen LogP contribution < -0.4 is 0 Å². The van der Waals surface area contributed by atoms with Gasteiger partial charge in [-0.2, -0.15) is 0 Å². The summed E-state index contributed by atoms with van der Waals surface area (Å²) >= 11 is 0. The quantitative estimate of drug-likeness (QED) is 0.143. The van der Waals surface area contributed by atoms with Crippen LogP contribution in [0.25, 0.3) is 88.7 Å². The first-order valence-electron chi connectivity index (χ1n) is 22.6. The number of fused-ring (bicyclic) bond motifs is 3.